The first kappa shape index (κ1) is 17.4. The number of likely N-dealkylation sites (tertiary alicyclic amines) is 1. The number of β-amino-alcohol motifs (C(OH)–C–C–N with tert-alkyl or cyclic N) is 1. The molecule has 2 N–H and O–H groups in total. The summed E-state index contributed by atoms with van der Waals surface area (Å²) in [5.41, 5.74) is 1.11. The van der Waals surface area contributed by atoms with Crippen molar-refractivity contribution in [3.8, 4) is 0 Å². The molecule has 1 aliphatic rings. The summed E-state index contributed by atoms with van der Waals surface area (Å²) >= 11 is 0. The highest BCUT2D eigenvalue weighted by atomic mass is 16.6. The summed E-state index contributed by atoms with van der Waals surface area (Å²) in [6.07, 6.45) is 0.408. The molecule has 0 bridgehead atoms. The summed E-state index contributed by atoms with van der Waals surface area (Å²) < 4.78 is 0. The predicted molar refractivity (Wildman–Crippen MR) is 83.0 cm³/mol. The van der Waals surface area contributed by atoms with Crippen LogP contribution < -0.4 is 5.32 Å². The first-order valence-electron chi connectivity index (χ1n) is 7.51. The average molecular weight is 285 g/mol. The summed E-state index contributed by atoms with van der Waals surface area (Å²) in [6, 6.07) is 0.501. The van der Waals surface area contributed by atoms with Crippen molar-refractivity contribution in [3.05, 3.63) is 0 Å². The first-order chi connectivity index (χ1) is 9.19. The van der Waals surface area contributed by atoms with Gasteiger partial charge in [0.15, 0.2) is 0 Å². The molecule has 1 saturated heterocycles. The van der Waals surface area contributed by atoms with Gasteiger partial charge in [0.25, 0.3) is 0 Å². The molecule has 0 unspecified atom stereocenters. The second kappa shape index (κ2) is 7.38. The Hall–Kier alpha value is -0.650. The third kappa shape index (κ3) is 6.20. The van der Waals surface area contributed by atoms with E-state index in [0.29, 0.717) is 18.5 Å². The lowest BCUT2D eigenvalue weighted by Gasteiger charge is -2.34. The molecule has 1 heterocycles. The van der Waals surface area contributed by atoms with E-state index < -0.39 is 6.10 Å². The van der Waals surface area contributed by atoms with E-state index in [-0.39, 0.29) is 12.1 Å². The minimum atomic E-state index is -0.530. The fourth-order valence-corrected chi connectivity index (χ4v) is 2.19. The molecular formula is C15H31N3O2. The van der Waals surface area contributed by atoms with Gasteiger partial charge in [-0.25, -0.2) is 0 Å². The van der Waals surface area contributed by atoms with Gasteiger partial charge >= 0.3 is 0 Å². The van der Waals surface area contributed by atoms with Crippen molar-refractivity contribution in [1.29, 1.82) is 0 Å². The first-order valence-corrected chi connectivity index (χ1v) is 7.51. The Bertz CT molecular complexity index is 326. The van der Waals surface area contributed by atoms with Gasteiger partial charge in [0.2, 0.25) is 0 Å². The van der Waals surface area contributed by atoms with Gasteiger partial charge in [0.1, 0.15) is 12.7 Å². The number of nitrogens with zero attached hydrogens (tertiary/aromatic N) is 2. The van der Waals surface area contributed by atoms with Crippen LogP contribution in [0.1, 0.15) is 41.0 Å². The van der Waals surface area contributed by atoms with Gasteiger partial charge in [-0.2, -0.15) is 0 Å². The van der Waals surface area contributed by atoms with E-state index in [0.717, 1.165) is 18.7 Å². The number of nitrogens with one attached hydrogen (secondary N) is 1. The van der Waals surface area contributed by atoms with Crippen molar-refractivity contribution in [1.82, 2.24) is 10.2 Å². The van der Waals surface area contributed by atoms with Crippen LogP contribution in [0.3, 0.4) is 0 Å². The molecule has 0 aromatic rings. The zero-order valence-corrected chi connectivity index (χ0v) is 13.8. The van der Waals surface area contributed by atoms with Gasteiger partial charge in [-0.3, -0.25) is 0 Å². The number of piperidine rings is 1. The number of hydrogen-bond donors (Lipinski definition) is 2. The van der Waals surface area contributed by atoms with E-state index in [1.165, 1.54) is 0 Å². The van der Waals surface area contributed by atoms with Gasteiger partial charge in [-0.05, 0) is 34.7 Å². The normalized spacial score (nSPS) is 28.6. The SMILES string of the molecule is C[C@@H]1CN(C)[C@@H](C)CC1=NOC[C@@H](O)CNC(C)(C)C. The number of oxime groups is 1. The third-order valence-electron chi connectivity index (χ3n) is 3.70. The van der Waals surface area contributed by atoms with Crippen molar-refractivity contribution < 1.29 is 9.94 Å². The van der Waals surface area contributed by atoms with Gasteiger partial charge in [-0.1, -0.05) is 12.1 Å². The maximum atomic E-state index is 9.84. The minimum Gasteiger partial charge on any atom is -0.393 e. The molecule has 1 rings (SSSR count). The maximum absolute atomic E-state index is 9.84. The number of rotatable bonds is 5. The molecule has 1 aliphatic heterocycles. The summed E-state index contributed by atoms with van der Waals surface area (Å²) in [5, 5.41) is 17.3. The van der Waals surface area contributed by atoms with Crippen LogP contribution in [-0.4, -0.2) is 60.1 Å². The Balaban J connectivity index is 2.33. The lowest BCUT2D eigenvalue weighted by Crippen LogP contribution is -2.43. The highest BCUT2D eigenvalue weighted by molar-refractivity contribution is 5.87. The van der Waals surface area contributed by atoms with E-state index >= 15 is 0 Å². The molecule has 0 spiro atoms. The van der Waals surface area contributed by atoms with Crippen molar-refractivity contribution in [2.45, 2.75) is 58.7 Å². The van der Waals surface area contributed by atoms with Crippen LogP contribution in [0.5, 0.6) is 0 Å². The second-order valence-electron chi connectivity index (χ2n) is 7.06. The van der Waals surface area contributed by atoms with Gasteiger partial charge in [-0.15, -0.1) is 0 Å². The topological polar surface area (TPSA) is 57.1 Å². The number of aliphatic hydroxyl groups is 1. The fraction of sp³-hybridized carbons (Fsp3) is 0.933. The second-order valence-corrected chi connectivity index (χ2v) is 7.06. The third-order valence-corrected chi connectivity index (χ3v) is 3.70. The molecule has 5 nitrogen and oxygen atoms in total. The summed E-state index contributed by atoms with van der Waals surface area (Å²) in [6.45, 7) is 12.4. The molecule has 0 aromatic heterocycles. The van der Waals surface area contributed by atoms with Crippen molar-refractivity contribution >= 4 is 5.71 Å². The monoisotopic (exact) mass is 285 g/mol. The van der Waals surface area contributed by atoms with E-state index in [1.54, 1.807) is 0 Å². The smallest absolute Gasteiger partial charge is 0.144 e. The Morgan fingerprint density at radius 1 is 1.45 bits per heavy atom. The molecule has 118 valence electrons. The van der Waals surface area contributed by atoms with E-state index in [2.05, 4.69) is 57.0 Å². The van der Waals surface area contributed by atoms with Crippen LogP contribution in [0.15, 0.2) is 5.16 Å². The van der Waals surface area contributed by atoms with Crippen LogP contribution in [0.25, 0.3) is 0 Å². The molecule has 0 aromatic carbocycles. The zero-order valence-electron chi connectivity index (χ0n) is 13.8. The quantitative estimate of drug-likeness (QED) is 0.751. The zero-order chi connectivity index (χ0) is 15.3. The van der Waals surface area contributed by atoms with Crippen molar-refractivity contribution in [2.24, 2.45) is 11.1 Å². The van der Waals surface area contributed by atoms with Crippen LogP contribution in [0.2, 0.25) is 0 Å². The summed E-state index contributed by atoms with van der Waals surface area (Å²) in [5.74, 6) is 0.418. The number of aliphatic hydroxyl groups excluding tert-OH is 1. The van der Waals surface area contributed by atoms with Crippen molar-refractivity contribution in [3.63, 3.8) is 0 Å². The number of hydrogen-bond acceptors (Lipinski definition) is 5. The largest absolute Gasteiger partial charge is 0.393 e. The summed E-state index contributed by atoms with van der Waals surface area (Å²) in [7, 11) is 2.14. The molecule has 0 amide bonds. The molecule has 0 aliphatic carbocycles. The lowest BCUT2D eigenvalue weighted by molar-refractivity contribution is 0.0354. The van der Waals surface area contributed by atoms with Crippen LogP contribution >= 0.6 is 0 Å². The van der Waals surface area contributed by atoms with E-state index in [1.807, 2.05) is 0 Å². The fourth-order valence-electron chi connectivity index (χ4n) is 2.19. The van der Waals surface area contributed by atoms with Crippen LogP contribution in [0, 0.1) is 5.92 Å². The molecular weight excluding hydrogens is 254 g/mol. The van der Waals surface area contributed by atoms with Crippen molar-refractivity contribution in [2.75, 3.05) is 26.7 Å². The average Bonchev–Trinajstić information content (AvgIpc) is 2.32. The Kier molecular flexibility index (Phi) is 6.43. The Labute approximate surface area is 123 Å². The Morgan fingerprint density at radius 3 is 2.70 bits per heavy atom. The maximum Gasteiger partial charge on any atom is 0.144 e. The lowest BCUT2D eigenvalue weighted by atomic mass is 9.93. The van der Waals surface area contributed by atoms with Gasteiger partial charge in [0, 0.05) is 37.0 Å². The summed E-state index contributed by atoms with van der Waals surface area (Å²) in [4.78, 5) is 7.67. The van der Waals surface area contributed by atoms with Gasteiger partial charge in [0.05, 0.1) is 5.71 Å². The molecule has 20 heavy (non-hydrogen) atoms. The van der Waals surface area contributed by atoms with Crippen LogP contribution in [0.4, 0.5) is 0 Å². The Morgan fingerprint density at radius 2 is 2.10 bits per heavy atom. The highest BCUT2D eigenvalue weighted by Crippen LogP contribution is 2.18. The molecule has 0 radical (unpaired) electrons. The van der Waals surface area contributed by atoms with Crippen LogP contribution in [-0.2, 0) is 4.84 Å². The minimum absolute atomic E-state index is 0.00474. The van der Waals surface area contributed by atoms with E-state index in [9.17, 15) is 5.11 Å². The molecule has 3 atom stereocenters. The molecule has 1 fully saturated rings. The standard InChI is InChI=1S/C15H31N3O2/c1-11-9-18(6)12(2)7-14(11)17-20-10-13(19)8-16-15(3,4)5/h11-13,16,19H,7-10H2,1-6H3/t11-,12+,13+/m1/s1. The van der Waals surface area contributed by atoms with Gasteiger partial charge < -0.3 is 20.2 Å². The molecule has 5 heteroatoms. The molecule has 0 saturated carbocycles. The predicted octanol–water partition coefficient (Wildman–Crippen LogP) is 1.47. The van der Waals surface area contributed by atoms with E-state index in [4.69, 9.17) is 4.84 Å². The highest BCUT2D eigenvalue weighted by Gasteiger charge is 2.25.